The Morgan fingerprint density at radius 3 is 2.72 bits per heavy atom. The van der Waals surface area contributed by atoms with Crippen LogP contribution in [0.3, 0.4) is 0 Å². The molecule has 25 heavy (non-hydrogen) atoms. The van der Waals surface area contributed by atoms with Gasteiger partial charge in [0.25, 0.3) is 5.91 Å². The van der Waals surface area contributed by atoms with Gasteiger partial charge in [-0.15, -0.1) is 0 Å². The molecular formula is C18H18N2O5. The quantitative estimate of drug-likeness (QED) is 0.870. The number of nitrogens with one attached hydrogen (secondary N) is 1. The van der Waals surface area contributed by atoms with E-state index < -0.39 is 11.9 Å². The monoisotopic (exact) mass is 342 g/mol. The lowest BCUT2D eigenvalue weighted by molar-refractivity contribution is -0.117. The molecule has 0 aliphatic carbocycles. The molecular weight excluding hydrogens is 324 g/mol. The molecule has 1 fully saturated rings. The van der Waals surface area contributed by atoms with E-state index in [1.165, 1.54) is 6.07 Å². The summed E-state index contributed by atoms with van der Waals surface area (Å²) in [4.78, 5) is 37.0. The number of rotatable bonds is 5. The molecule has 1 aromatic heterocycles. The van der Waals surface area contributed by atoms with E-state index >= 15 is 0 Å². The van der Waals surface area contributed by atoms with Gasteiger partial charge in [-0.25, -0.2) is 4.79 Å². The molecule has 0 bridgehead atoms. The number of carboxylic acids is 1. The van der Waals surface area contributed by atoms with E-state index in [-0.39, 0.29) is 23.0 Å². The summed E-state index contributed by atoms with van der Waals surface area (Å²) in [6.07, 6.45) is 1.72. The summed E-state index contributed by atoms with van der Waals surface area (Å²) in [5.41, 5.74) is 1.22. The Morgan fingerprint density at radius 1 is 1.32 bits per heavy atom. The van der Waals surface area contributed by atoms with E-state index in [1.807, 2.05) is 6.07 Å². The van der Waals surface area contributed by atoms with Crippen LogP contribution < -0.4 is 10.2 Å². The molecule has 3 rings (SSSR count). The van der Waals surface area contributed by atoms with Gasteiger partial charge in [0.2, 0.25) is 5.91 Å². The third kappa shape index (κ3) is 3.40. The highest BCUT2D eigenvalue weighted by atomic mass is 16.4. The highest BCUT2D eigenvalue weighted by Gasteiger charge is 2.23. The average Bonchev–Trinajstić information content (AvgIpc) is 3.21. The number of hydrogen-bond donors (Lipinski definition) is 2. The first-order chi connectivity index (χ1) is 12.0. The topological polar surface area (TPSA) is 99.9 Å². The Labute approximate surface area is 144 Å². The van der Waals surface area contributed by atoms with E-state index in [0.29, 0.717) is 25.1 Å². The molecule has 0 radical (unpaired) electrons. The van der Waals surface area contributed by atoms with Crippen LogP contribution in [0.4, 0.5) is 11.4 Å². The molecule has 0 atom stereocenters. The molecule has 1 aromatic carbocycles. The van der Waals surface area contributed by atoms with Crippen LogP contribution in [-0.4, -0.2) is 29.4 Å². The Bertz CT molecular complexity index is 840. The van der Waals surface area contributed by atoms with E-state index in [0.717, 1.165) is 12.1 Å². The standard InChI is InChI=1S/C18H18N2O5/c1-2-14-13(18(23)24)10-15(25-14)17(22)19-11-5-3-6-12(9-11)20-8-4-7-16(20)21/h3,5-6,9-10H,2,4,7-8H2,1H3,(H,19,22)(H,23,24). The van der Waals surface area contributed by atoms with Crippen LogP contribution in [-0.2, 0) is 11.2 Å². The van der Waals surface area contributed by atoms with Gasteiger partial charge in [0.15, 0.2) is 5.76 Å². The minimum atomic E-state index is -1.13. The summed E-state index contributed by atoms with van der Waals surface area (Å²) in [6.45, 7) is 2.42. The Hall–Kier alpha value is -3.09. The van der Waals surface area contributed by atoms with Crippen LogP contribution in [0, 0.1) is 0 Å². The number of nitrogens with zero attached hydrogens (tertiary/aromatic N) is 1. The summed E-state index contributed by atoms with van der Waals surface area (Å²) >= 11 is 0. The van der Waals surface area contributed by atoms with E-state index in [4.69, 9.17) is 9.52 Å². The summed E-state index contributed by atoms with van der Waals surface area (Å²) in [5.74, 6) is -1.40. The molecule has 0 saturated carbocycles. The number of aryl methyl sites for hydroxylation is 1. The number of aromatic carboxylic acids is 1. The van der Waals surface area contributed by atoms with Crippen LogP contribution in [0.2, 0.25) is 0 Å². The lowest BCUT2D eigenvalue weighted by Crippen LogP contribution is -2.23. The van der Waals surface area contributed by atoms with Crippen molar-refractivity contribution in [2.24, 2.45) is 0 Å². The Balaban J connectivity index is 1.79. The normalized spacial score (nSPS) is 14.0. The Morgan fingerprint density at radius 2 is 2.12 bits per heavy atom. The summed E-state index contributed by atoms with van der Waals surface area (Å²) in [5, 5.41) is 11.8. The number of hydrogen-bond acceptors (Lipinski definition) is 4. The number of furan rings is 1. The maximum absolute atomic E-state index is 12.3. The average molecular weight is 342 g/mol. The zero-order valence-electron chi connectivity index (χ0n) is 13.7. The van der Waals surface area contributed by atoms with Crippen LogP contribution in [0.5, 0.6) is 0 Å². The second kappa shape index (κ2) is 6.80. The van der Waals surface area contributed by atoms with Gasteiger partial charge in [-0.3, -0.25) is 9.59 Å². The van der Waals surface area contributed by atoms with Gasteiger partial charge in [-0.2, -0.15) is 0 Å². The number of carboxylic acid groups (broad SMARTS) is 1. The molecule has 0 spiro atoms. The maximum atomic E-state index is 12.3. The molecule has 1 aliphatic rings. The first-order valence-corrected chi connectivity index (χ1v) is 8.07. The molecule has 2 heterocycles. The van der Waals surface area contributed by atoms with E-state index in [9.17, 15) is 14.4 Å². The highest BCUT2D eigenvalue weighted by molar-refractivity contribution is 6.04. The van der Waals surface area contributed by atoms with Crippen molar-refractivity contribution >= 4 is 29.2 Å². The summed E-state index contributed by atoms with van der Waals surface area (Å²) in [7, 11) is 0. The van der Waals surface area contributed by atoms with Crippen LogP contribution >= 0.6 is 0 Å². The van der Waals surface area contributed by atoms with Crippen molar-refractivity contribution in [3.63, 3.8) is 0 Å². The van der Waals surface area contributed by atoms with Crippen molar-refractivity contribution in [2.75, 3.05) is 16.8 Å². The fourth-order valence-corrected chi connectivity index (χ4v) is 2.85. The zero-order valence-corrected chi connectivity index (χ0v) is 13.7. The van der Waals surface area contributed by atoms with Gasteiger partial charge < -0.3 is 19.7 Å². The van der Waals surface area contributed by atoms with Crippen LogP contribution in [0.25, 0.3) is 0 Å². The second-order valence-corrected chi connectivity index (χ2v) is 5.76. The summed E-state index contributed by atoms with van der Waals surface area (Å²) in [6, 6.07) is 8.19. The van der Waals surface area contributed by atoms with E-state index in [2.05, 4.69) is 5.32 Å². The van der Waals surface area contributed by atoms with Crippen LogP contribution in [0.1, 0.15) is 46.4 Å². The number of carbonyl (C=O) groups excluding carboxylic acids is 2. The fraction of sp³-hybridized carbons (Fsp3) is 0.278. The predicted octanol–water partition coefficient (Wildman–Crippen LogP) is 2.92. The van der Waals surface area contributed by atoms with Gasteiger partial charge in [-0.1, -0.05) is 13.0 Å². The minimum absolute atomic E-state index is 0.0101. The molecule has 130 valence electrons. The highest BCUT2D eigenvalue weighted by Crippen LogP contribution is 2.25. The lowest BCUT2D eigenvalue weighted by atomic mass is 10.2. The first kappa shape index (κ1) is 16.8. The molecule has 7 heteroatoms. The van der Waals surface area contributed by atoms with Crippen molar-refractivity contribution < 1.29 is 23.9 Å². The SMILES string of the molecule is CCc1oc(C(=O)Nc2cccc(N3CCCC3=O)c2)cc1C(=O)O. The largest absolute Gasteiger partial charge is 0.478 e. The predicted molar refractivity (Wildman–Crippen MR) is 91.0 cm³/mol. The molecule has 7 nitrogen and oxygen atoms in total. The minimum Gasteiger partial charge on any atom is -0.478 e. The number of amides is 2. The van der Waals surface area contributed by atoms with Gasteiger partial charge in [0, 0.05) is 36.8 Å². The number of benzene rings is 1. The Kier molecular flexibility index (Phi) is 4.56. The second-order valence-electron chi connectivity index (χ2n) is 5.76. The molecule has 2 amide bonds. The molecule has 1 saturated heterocycles. The molecule has 2 N–H and O–H groups in total. The number of anilines is 2. The first-order valence-electron chi connectivity index (χ1n) is 8.07. The van der Waals surface area contributed by atoms with Gasteiger partial charge in [0.1, 0.15) is 11.3 Å². The third-order valence-electron chi connectivity index (χ3n) is 4.07. The van der Waals surface area contributed by atoms with Gasteiger partial charge in [-0.05, 0) is 24.6 Å². The lowest BCUT2D eigenvalue weighted by Gasteiger charge is -2.16. The number of carbonyl (C=O) groups is 3. The van der Waals surface area contributed by atoms with Crippen molar-refractivity contribution in [2.45, 2.75) is 26.2 Å². The fourth-order valence-electron chi connectivity index (χ4n) is 2.85. The third-order valence-corrected chi connectivity index (χ3v) is 4.07. The van der Waals surface area contributed by atoms with Gasteiger partial charge in [0.05, 0.1) is 0 Å². The molecule has 1 aliphatic heterocycles. The van der Waals surface area contributed by atoms with Crippen molar-refractivity contribution in [1.82, 2.24) is 0 Å². The molecule has 0 unspecified atom stereocenters. The van der Waals surface area contributed by atoms with Crippen molar-refractivity contribution in [3.8, 4) is 0 Å². The summed E-state index contributed by atoms with van der Waals surface area (Å²) < 4.78 is 5.35. The van der Waals surface area contributed by atoms with Crippen LogP contribution in [0.15, 0.2) is 34.7 Å². The smallest absolute Gasteiger partial charge is 0.339 e. The van der Waals surface area contributed by atoms with Crippen molar-refractivity contribution in [1.29, 1.82) is 0 Å². The zero-order chi connectivity index (χ0) is 18.0. The maximum Gasteiger partial charge on any atom is 0.339 e. The van der Waals surface area contributed by atoms with Crippen molar-refractivity contribution in [3.05, 3.63) is 47.4 Å². The van der Waals surface area contributed by atoms with E-state index in [1.54, 1.807) is 30.0 Å². The van der Waals surface area contributed by atoms with Gasteiger partial charge >= 0.3 is 5.97 Å². The molecule has 2 aromatic rings.